The summed E-state index contributed by atoms with van der Waals surface area (Å²) in [6.07, 6.45) is 4.13. The van der Waals surface area contributed by atoms with Gasteiger partial charge in [0.1, 0.15) is 23.6 Å². The number of carbonyl (C=O) groups is 1. The van der Waals surface area contributed by atoms with Crippen LogP contribution in [0.2, 0.25) is 5.02 Å². The van der Waals surface area contributed by atoms with E-state index in [1.165, 1.54) is 24.5 Å². The van der Waals surface area contributed by atoms with Gasteiger partial charge in [-0.2, -0.15) is 0 Å². The van der Waals surface area contributed by atoms with E-state index in [2.05, 4.69) is 16.0 Å². The minimum Gasteiger partial charge on any atom is -0.383 e. The third kappa shape index (κ3) is 3.31. The van der Waals surface area contributed by atoms with Crippen LogP contribution in [0.4, 0.5) is 15.9 Å². The SMILES string of the molecule is Cn1cc(-c2ccc3c(c2)CCN3C(=O)Cc2cc(Cl)ccc2F)c2c(N)ncnc21. The molecule has 3 heterocycles. The van der Waals surface area contributed by atoms with E-state index in [-0.39, 0.29) is 12.3 Å². The van der Waals surface area contributed by atoms with Crippen LogP contribution in [-0.2, 0) is 24.7 Å². The van der Waals surface area contributed by atoms with Crippen LogP contribution in [0.15, 0.2) is 48.9 Å². The minimum absolute atomic E-state index is 0.0369. The summed E-state index contributed by atoms with van der Waals surface area (Å²) in [7, 11) is 1.92. The van der Waals surface area contributed by atoms with E-state index in [4.69, 9.17) is 17.3 Å². The first-order valence-electron chi connectivity index (χ1n) is 9.85. The Bertz CT molecular complexity index is 1350. The number of fused-ring (bicyclic) bond motifs is 2. The molecule has 4 aromatic rings. The maximum absolute atomic E-state index is 14.1. The van der Waals surface area contributed by atoms with Gasteiger partial charge in [0.05, 0.1) is 11.8 Å². The number of carbonyl (C=O) groups excluding carboxylic acids is 1. The molecule has 2 aromatic heterocycles. The van der Waals surface area contributed by atoms with Gasteiger partial charge in [-0.05, 0) is 53.4 Å². The number of aryl methyl sites for hydroxylation is 1. The maximum atomic E-state index is 14.1. The van der Waals surface area contributed by atoms with Crippen LogP contribution in [0.3, 0.4) is 0 Å². The summed E-state index contributed by atoms with van der Waals surface area (Å²) < 4.78 is 16.0. The summed E-state index contributed by atoms with van der Waals surface area (Å²) in [5.41, 5.74) is 11.0. The van der Waals surface area contributed by atoms with E-state index in [9.17, 15) is 9.18 Å². The standard InChI is InChI=1S/C23H19ClFN5O/c1-29-11-17(21-22(26)27-12-28-23(21)29)13-2-5-19-14(8-13)6-7-30(19)20(31)10-15-9-16(24)3-4-18(15)25/h2-5,8-9,11-12H,6-7,10H2,1H3,(H2,26,27,28). The van der Waals surface area contributed by atoms with Crippen LogP contribution in [0.1, 0.15) is 11.1 Å². The second-order valence-corrected chi connectivity index (χ2v) is 8.10. The summed E-state index contributed by atoms with van der Waals surface area (Å²) in [6.45, 7) is 0.556. The number of nitrogens with zero attached hydrogens (tertiary/aromatic N) is 4. The van der Waals surface area contributed by atoms with Crippen molar-refractivity contribution in [3.8, 4) is 11.1 Å². The lowest BCUT2D eigenvalue weighted by molar-refractivity contribution is -0.117. The van der Waals surface area contributed by atoms with Crippen LogP contribution < -0.4 is 10.6 Å². The topological polar surface area (TPSA) is 77.0 Å². The summed E-state index contributed by atoms with van der Waals surface area (Å²) in [5, 5.41) is 1.22. The number of benzene rings is 2. The Morgan fingerprint density at radius 3 is 2.90 bits per heavy atom. The quantitative estimate of drug-likeness (QED) is 0.524. The predicted octanol–water partition coefficient (Wildman–Crippen LogP) is 4.14. The second kappa shape index (κ2) is 7.35. The van der Waals surface area contributed by atoms with E-state index >= 15 is 0 Å². The highest BCUT2D eigenvalue weighted by Crippen LogP contribution is 2.37. The van der Waals surface area contributed by atoms with Crippen molar-refractivity contribution < 1.29 is 9.18 Å². The number of rotatable bonds is 3. The van der Waals surface area contributed by atoms with Gasteiger partial charge in [0, 0.05) is 36.1 Å². The normalized spacial score (nSPS) is 13.1. The molecule has 0 radical (unpaired) electrons. The molecule has 5 rings (SSSR count). The summed E-state index contributed by atoms with van der Waals surface area (Å²) in [4.78, 5) is 23.1. The monoisotopic (exact) mass is 435 g/mol. The molecular formula is C23H19ClFN5O. The van der Waals surface area contributed by atoms with Gasteiger partial charge < -0.3 is 15.2 Å². The Hall–Kier alpha value is -3.45. The summed E-state index contributed by atoms with van der Waals surface area (Å²) in [5.74, 6) is -0.153. The van der Waals surface area contributed by atoms with Crippen LogP contribution in [-0.4, -0.2) is 27.0 Å². The van der Waals surface area contributed by atoms with E-state index in [0.29, 0.717) is 22.9 Å². The number of hydrogen-bond acceptors (Lipinski definition) is 4. The highest BCUT2D eigenvalue weighted by atomic mass is 35.5. The lowest BCUT2D eigenvalue weighted by Gasteiger charge is -2.18. The van der Waals surface area contributed by atoms with Crippen LogP contribution in [0.5, 0.6) is 0 Å². The molecule has 0 unspecified atom stereocenters. The molecule has 2 N–H and O–H groups in total. The molecule has 0 saturated heterocycles. The highest BCUT2D eigenvalue weighted by Gasteiger charge is 2.26. The molecule has 2 aromatic carbocycles. The molecule has 156 valence electrons. The Morgan fingerprint density at radius 2 is 2.06 bits per heavy atom. The number of hydrogen-bond donors (Lipinski definition) is 1. The first kappa shape index (κ1) is 19.5. The molecule has 1 amide bonds. The van der Waals surface area contributed by atoms with Gasteiger partial charge in [-0.1, -0.05) is 17.7 Å². The average molecular weight is 436 g/mol. The molecule has 0 saturated carbocycles. The highest BCUT2D eigenvalue weighted by molar-refractivity contribution is 6.30. The van der Waals surface area contributed by atoms with Crippen molar-refractivity contribution in [3.63, 3.8) is 0 Å². The zero-order valence-corrected chi connectivity index (χ0v) is 17.5. The number of anilines is 2. The summed E-state index contributed by atoms with van der Waals surface area (Å²) in [6, 6.07) is 10.2. The molecule has 6 nitrogen and oxygen atoms in total. The van der Waals surface area contributed by atoms with Crippen LogP contribution in [0.25, 0.3) is 22.2 Å². The zero-order chi connectivity index (χ0) is 21.7. The van der Waals surface area contributed by atoms with E-state index < -0.39 is 5.82 Å². The Balaban J connectivity index is 1.47. The van der Waals surface area contributed by atoms with Gasteiger partial charge in [0.15, 0.2) is 0 Å². The molecular weight excluding hydrogens is 417 g/mol. The fourth-order valence-corrected chi connectivity index (χ4v) is 4.41. The third-order valence-electron chi connectivity index (χ3n) is 5.72. The molecule has 0 fully saturated rings. The van der Waals surface area contributed by atoms with Crippen molar-refractivity contribution in [2.75, 3.05) is 17.2 Å². The van der Waals surface area contributed by atoms with Crippen molar-refractivity contribution in [2.24, 2.45) is 7.05 Å². The van der Waals surface area contributed by atoms with Gasteiger partial charge in [0.2, 0.25) is 5.91 Å². The van der Waals surface area contributed by atoms with Gasteiger partial charge in [-0.15, -0.1) is 0 Å². The van der Waals surface area contributed by atoms with Gasteiger partial charge >= 0.3 is 0 Å². The Morgan fingerprint density at radius 1 is 1.23 bits per heavy atom. The Kier molecular flexibility index (Phi) is 4.63. The van der Waals surface area contributed by atoms with E-state index in [1.807, 2.05) is 29.9 Å². The first-order valence-corrected chi connectivity index (χ1v) is 10.2. The fourth-order valence-electron chi connectivity index (χ4n) is 4.22. The first-order chi connectivity index (χ1) is 14.9. The lowest BCUT2D eigenvalue weighted by atomic mass is 10.0. The van der Waals surface area contributed by atoms with Gasteiger partial charge in [0.25, 0.3) is 0 Å². The molecule has 0 atom stereocenters. The molecule has 31 heavy (non-hydrogen) atoms. The van der Waals surface area contributed by atoms with E-state index in [1.54, 1.807) is 4.90 Å². The van der Waals surface area contributed by atoms with Crippen molar-refractivity contribution in [3.05, 3.63) is 70.9 Å². The fraction of sp³-hybridized carbons (Fsp3) is 0.174. The maximum Gasteiger partial charge on any atom is 0.231 e. The number of nitrogens with two attached hydrogens (primary N) is 1. The minimum atomic E-state index is -0.428. The van der Waals surface area contributed by atoms with Crippen molar-refractivity contribution in [1.29, 1.82) is 0 Å². The smallest absolute Gasteiger partial charge is 0.231 e. The molecule has 1 aliphatic rings. The zero-order valence-electron chi connectivity index (χ0n) is 16.8. The second-order valence-electron chi connectivity index (χ2n) is 7.66. The summed E-state index contributed by atoms with van der Waals surface area (Å²) >= 11 is 5.96. The van der Waals surface area contributed by atoms with Crippen LogP contribution >= 0.6 is 11.6 Å². The predicted molar refractivity (Wildman–Crippen MR) is 120 cm³/mol. The van der Waals surface area contributed by atoms with Crippen molar-refractivity contribution >= 4 is 40.0 Å². The Labute approximate surface area is 183 Å². The number of halogens is 2. The number of aromatic nitrogens is 3. The number of amides is 1. The number of nitrogen functional groups attached to an aromatic ring is 1. The van der Waals surface area contributed by atoms with Gasteiger partial charge in [-0.25, -0.2) is 14.4 Å². The van der Waals surface area contributed by atoms with E-state index in [0.717, 1.165) is 39.8 Å². The van der Waals surface area contributed by atoms with Crippen LogP contribution in [0, 0.1) is 5.82 Å². The molecule has 1 aliphatic heterocycles. The van der Waals surface area contributed by atoms with Crippen molar-refractivity contribution in [1.82, 2.24) is 14.5 Å². The van der Waals surface area contributed by atoms with Crippen molar-refractivity contribution in [2.45, 2.75) is 12.8 Å². The molecule has 8 heteroatoms. The third-order valence-corrected chi connectivity index (χ3v) is 5.95. The average Bonchev–Trinajstić information content (AvgIpc) is 3.32. The lowest BCUT2D eigenvalue weighted by Crippen LogP contribution is -2.30. The molecule has 0 aliphatic carbocycles. The molecule has 0 bridgehead atoms. The largest absolute Gasteiger partial charge is 0.383 e. The molecule has 0 spiro atoms. The van der Waals surface area contributed by atoms with Gasteiger partial charge in [-0.3, -0.25) is 4.79 Å².